The highest BCUT2D eigenvalue weighted by atomic mass is 32.2. The SMILES string of the molecule is O=C(O)c1c(CS(=O)C2CCCCC2)oc2ccccc12. The quantitative estimate of drug-likeness (QED) is 0.935. The fraction of sp³-hybridized carbons (Fsp3) is 0.438. The summed E-state index contributed by atoms with van der Waals surface area (Å²) < 4.78 is 18.1. The van der Waals surface area contributed by atoms with Crippen LogP contribution in [-0.2, 0) is 16.6 Å². The molecule has 0 saturated heterocycles. The lowest BCUT2D eigenvalue weighted by atomic mass is 10.0. The van der Waals surface area contributed by atoms with Gasteiger partial charge in [0.05, 0.1) is 5.75 Å². The Labute approximate surface area is 125 Å². The Hall–Kier alpha value is -1.62. The molecule has 0 bridgehead atoms. The third-order valence-corrected chi connectivity index (χ3v) is 5.84. The number of fused-ring (bicyclic) bond motifs is 1. The Morgan fingerprint density at radius 1 is 1.24 bits per heavy atom. The molecule has 0 amide bonds. The summed E-state index contributed by atoms with van der Waals surface area (Å²) >= 11 is 0. The molecule has 21 heavy (non-hydrogen) atoms. The Morgan fingerprint density at radius 3 is 2.67 bits per heavy atom. The molecule has 1 heterocycles. The molecule has 0 spiro atoms. The summed E-state index contributed by atoms with van der Waals surface area (Å²) in [6.45, 7) is 0. The first-order chi connectivity index (χ1) is 10.2. The lowest BCUT2D eigenvalue weighted by Gasteiger charge is -2.20. The van der Waals surface area contributed by atoms with E-state index in [0.29, 0.717) is 16.7 Å². The van der Waals surface area contributed by atoms with Crippen molar-refractivity contribution in [2.45, 2.75) is 43.1 Å². The summed E-state index contributed by atoms with van der Waals surface area (Å²) in [6.07, 6.45) is 5.37. The molecular formula is C16H18O4S. The number of furan rings is 1. The molecule has 1 aliphatic carbocycles. The summed E-state index contributed by atoms with van der Waals surface area (Å²) in [6, 6.07) is 7.07. The molecule has 1 N–H and O–H groups in total. The van der Waals surface area contributed by atoms with Crippen molar-refractivity contribution in [3.63, 3.8) is 0 Å². The number of carboxylic acids is 1. The Balaban J connectivity index is 1.91. The van der Waals surface area contributed by atoms with E-state index in [-0.39, 0.29) is 16.6 Å². The van der Waals surface area contributed by atoms with Gasteiger partial charge in [-0.2, -0.15) is 0 Å². The number of carbonyl (C=O) groups is 1. The van der Waals surface area contributed by atoms with Gasteiger partial charge in [-0.1, -0.05) is 37.5 Å². The minimum Gasteiger partial charge on any atom is -0.478 e. The monoisotopic (exact) mass is 306 g/mol. The highest BCUT2D eigenvalue weighted by Gasteiger charge is 2.25. The van der Waals surface area contributed by atoms with E-state index in [0.717, 1.165) is 25.7 Å². The van der Waals surface area contributed by atoms with Gasteiger partial charge in [0.1, 0.15) is 16.9 Å². The molecule has 3 rings (SSSR count). The predicted octanol–water partition coefficient (Wildman–Crippen LogP) is 3.71. The average Bonchev–Trinajstić information content (AvgIpc) is 2.86. The average molecular weight is 306 g/mol. The van der Waals surface area contributed by atoms with Crippen molar-refractivity contribution in [2.24, 2.45) is 0 Å². The van der Waals surface area contributed by atoms with Crippen LogP contribution in [0.2, 0.25) is 0 Å². The van der Waals surface area contributed by atoms with Gasteiger partial charge in [0, 0.05) is 21.4 Å². The molecule has 1 fully saturated rings. The van der Waals surface area contributed by atoms with Gasteiger partial charge in [0.15, 0.2) is 0 Å². The number of carboxylic acid groups (broad SMARTS) is 1. The molecular weight excluding hydrogens is 288 g/mol. The molecule has 1 unspecified atom stereocenters. The Kier molecular flexibility index (Phi) is 4.10. The smallest absolute Gasteiger partial charge is 0.339 e. The van der Waals surface area contributed by atoms with Gasteiger partial charge in [-0.3, -0.25) is 4.21 Å². The van der Waals surface area contributed by atoms with Crippen molar-refractivity contribution in [1.29, 1.82) is 0 Å². The van der Waals surface area contributed by atoms with E-state index in [1.807, 2.05) is 0 Å². The van der Waals surface area contributed by atoms with Gasteiger partial charge >= 0.3 is 5.97 Å². The number of hydrogen-bond acceptors (Lipinski definition) is 3. The normalized spacial score (nSPS) is 17.9. The standard InChI is InChI=1S/C16H18O4S/c17-16(18)15-12-8-4-5-9-13(12)20-14(15)10-21(19)11-6-2-1-3-7-11/h4-5,8-9,11H,1-3,6-7,10H2,(H,17,18). The van der Waals surface area contributed by atoms with Crippen LogP contribution in [0, 0.1) is 0 Å². The summed E-state index contributed by atoms with van der Waals surface area (Å²) in [5, 5.41) is 10.2. The predicted molar refractivity (Wildman–Crippen MR) is 81.9 cm³/mol. The molecule has 0 aliphatic heterocycles. The Morgan fingerprint density at radius 2 is 1.95 bits per heavy atom. The number of rotatable bonds is 4. The molecule has 1 atom stereocenters. The van der Waals surface area contributed by atoms with Crippen LogP contribution in [0.5, 0.6) is 0 Å². The van der Waals surface area contributed by atoms with Crippen molar-refractivity contribution in [1.82, 2.24) is 0 Å². The molecule has 112 valence electrons. The largest absolute Gasteiger partial charge is 0.478 e. The maximum Gasteiger partial charge on any atom is 0.339 e. The van der Waals surface area contributed by atoms with Gasteiger partial charge in [0.2, 0.25) is 0 Å². The molecule has 2 aromatic rings. The molecule has 1 aromatic carbocycles. The second-order valence-electron chi connectivity index (χ2n) is 5.49. The van der Waals surface area contributed by atoms with E-state index in [1.165, 1.54) is 6.42 Å². The molecule has 5 heteroatoms. The minimum atomic E-state index is -1.07. The lowest BCUT2D eigenvalue weighted by Crippen LogP contribution is -2.20. The fourth-order valence-electron chi connectivity index (χ4n) is 3.01. The summed E-state index contributed by atoms with van der Waals surface area (Å²) in [7, 11) is -1.07. The van der Waals surface area contributed by atoms with Crippen LogP contribution < -0.4 is 0 Å². The second-order valence-corrected chi connectivity index (χ2v) is 7.20. The van der Waals surface area contributed by atoms with Crippen LogP contribution in [0.15, 0.2) is 28.7 Å². The zero-order valence-electron chi connectivity index (χ0n) is 11.7. The zero-order valence-corrected chi connectivity index (χ0v) is 12.5. The van der Waals surface area contributed by atoms with E-state index >= 15 is 0 Å². The maximum absolute atomic E-state index is 12.5. The van der Waals surface area contributed by atoms with Crippen molar-refractivity contribution < 1.29 is 18.5 Å². The first-order valence-electron chi connectivity index (χ1n) is 7.27. The van der Waals surface area contributed by atoms with E-state index in [9.17, 15) is 14.1 Å². The summed E-state index contributed by atoms with van der Waals surface area (Å²) in [5.41, 5.74) is 0.709. The summed E-state index contributed by atoms with van der Waals surface area (Å²) in [4.78, 5) is 11.5. The number of aromatic carboxylic acids is 1. The van der Waals surface area contributed by atoms with E-state index in [4.69, 9.17) is 4.42 Å². The molecule has 1 saturated carbocycles. The van der Waals surface area contributed by atoms with Crippen LogP contribution in [0.4, 0.5) is 0 Å². The first kappa shape index (κ1) is 14.3. The second kappa shape index (κ2) is 6.02. The zero-order chi connectivity index (χ0) is 14.8. The van der Waals surface area contributed by atoms with Crippen LogP contribution in [0.3, 0.4) is 0 Å². The third-order valence-electron chi connectivity index (χ3n) is 4.08. The van der Waals surface area contributed by atoms with Crippen molar-refractivity contribution in [3.05, 3.63) is 35.6 Å². The molecule has 1 aliphatic rings. The van der Waals surface area contributed by atoms with E-state index in [1.54, 1.807) is 24.3 Å². The van der Waals surface area contributed by atoms with Crippen LogP contribution >= 0.6 is 0 Å². The van der Waals surface area contributed by atoms with Gasteiger partial charge in [0.25, 0.3) is 0 Å². The highest BCUT2D eigenvalue weighted by Crippen LogP contribution is 2.29. The highest BCUT2D eigenvalue weighted by molar-refractivity contribution is 7.84. The Bertz CT molecular complexity index is 683. The molecule has 0 radical (unpaired) electrons. The first-order valence-corrected chi connectivity index (χ1v) is 8.66. The maximum atomic E-state index is 12.5. The van der Waals surface area contributed by atoms with Gasteiger partial charge in [-0.05, 0) is 18.9 Å². The van der Waals surface area contributed by atoms with Crippen LogP contribution in [0.25, 0.3) is 11.0 Å². The number of para-hydroxylation sites is 1. The fourth-order valence-corrected chi connectivity index (χ4v) is 4.56. The van der Waals surface area contributed by atoms with Crippen molar-refractivity contribution in [2.75, 3.05) is 0 Å². The minimum absolute atomic E-state index is 0.162. The van der Waals surface area contributed by atoms with Gasteiger partial charge < -0.3 is 9.52 Å². The van der Waals surface area contributed by atoms with Gasteiger partial charge in [-0.15, -0.1) is 0 Å². The summed E-state index contributed by atoms with van der Waals surface area (Å²) in [5.74, 6) is -0.482. The lowest BCUT2D eigenvalue weighted by molar-refractivity contribution is 0.0697. The van der Waals surface area contributed by atoms with Gasteiger partial charge in [-0.25, -0.2) is 4.79 Å². The van der Waals surface area contributed by atoms with E-state index < -0.39 is 16.8 Å². The topological polar surface area (TPSA) is 67.5 Å². The number of hydrogen-bond donors (Lipinski definition) is 1. The third kappa shape index (κ3) is 2.88. The van der Waals surface area contributed by atoms with Crippen LogP contribution in [0.1, 0.15) is 48.2 Å². The van der Waals surface area contributed by atoms with Crippen LogP contribution in [-0.4, -0.2) is 20.5 Å². The van der Waals surface area contributed by atoms with Crippen molar-refractivity contribution in [3.8, 4) is 0 Å². The van der Waals surface area contributed by atoms with E-state index in [2.05, 4.69) is 0 Å². The molecule has 1 aromatic heterocycles. The number of benzene rings is 1. The van der Waals surface area contributed by atoms with Crippen molar-refractivity contribution >= 4 is 27.7 Å². The molecule has 4 nitrogen and oxygen atoms in total.